The van der Waals surface area contributed by atoms with Crippen molar-refractivity contribution in [2.75, 3.05) is 25.0 Å². The number of carbonyl (C=O) groups excluding carboxylic acids is 1. The molecule has 1 aliphatic heterocycles. The Morgan fingerprint density at radius 2 is 1.97 bits per heavy atom. The number of aromatic nitrogens is 1. The number of nitrogens with one attached hydrogen (secondary N) is 1. The fraction of sp³-hybridized carbons (Fsp3) is 0.250. The monoisotopic (exact) mass is 519 g/mol. The maximum absolute atomic E-state index is 12.8. The first-order valence-electron chi connectivity index (χ1n) is 10.5. The quantitative estimate of drug-likeness (QED) is 0.316. The third-order valence-corrected chi connectivity index (χ3v) is 7.97. The van der Waals surface area contributed by atoms with E-state index in [4.69, 9.17) is 21.3 Å². The topological polar surface area (TPSA) is 54.5 Å². The Balaban J connectivity index is 0.00000259. The van der Waals surface area contributed by atoms with Gasteiger partial charge >= 0.3 is 0 Å². The Morgan fingerprint density at radius 1 is 1.18 bits per heavy atom. The third kappa shape index (κ3) is 5.18. The number of benzene rings is 2. The molecule has 0 bridgehead atoms. The highest BCUT2D eigenvalue weighted by Gasteiger charge is 2.27. The molecule has 1 amide bonds. The molecule has 0 aliphatic carbocycles. The molecule has 5 nitrogen and oxygen atoms in total. The molecule has 5 rings (SSSR count). The zero-order valence-corrected chi connectivity index (χ0v) is 21.2. The van der Waals surface area contributed by atoms with Gasteiger partial charge in [-0.3, -0.25) is 9.69 Å². The standard InChI is InChI=1S/C24H22ClN3O2S2.ClH/c1-2-28-12-11-17-20(13-28)32-24(22(17)23-26-18-5-3-4-6-19(18)31-23)27-21(29)14-30-16-9-7-15(25)8-10-16;/h3-10H,2,11-14H2,1H3,(H,27,29);1H. The van der Waals surface area contributed by atoms with Crippen molar-refractivity contribution < 1.29 is 9.53 Å². The number of amides is 1. The SMILES string of the molecule is CCN1CCc2c(sc(NC(=O)COc3ccc(Cl)cc3)c2-c2nc3ccccc3s2)C1.Cl. The molecule has 0 saturated heterocycles. The van der Waals surface area contributed by atoms with Crippen molar-refractivity contribution in [1.29, 1.82) is 0 Å². The molecule has 1 N–H and O–H groups in total. The van der Waals surface area contributed by atoms with Crippen LogP contribution in [0.25, 0.3) is 20.8 Å². The lowest BCUT2D eigenvalue weighted by molar-refractivity contribution is -0.118. The number of thiophene rings is 1. The van der Waals surface area contributed by atoms with Crippen molar-refractivity contribution in [2.24, 2.45) is 0 Å². The van der Waals surface area contributed by atoms with E-state index in [1.54, 1.807) is 46.9 Å². The first kappa shape index (κ1) is 24.0. The number of likely N-dealkylation sites (N-methyl/N-ethyl adjacent to an activating group) is 1. The molecular weight excluding hydrogens is 497 g/mol. The van der Waals surface area contributed by atoms with Gasteiger partial charge in [-0.1, -0.05) is 30.7 Å². The summed E-state index contributed by atoms with van der Waals surface area (Å²) in [6.45, 7) is 5.07. The van der Waals surface area contributed by atoms with Crippen LogP contribution in [0.4, 0.5) is 5.00 Å². The largest absolute Gasteiger partial charge is 0.484 e. The summed E-state index contributed by atoms with van der Waals surface area (Å²) in [6, 6.07) is 15.2. The number of anilines is 1. The highest BCUT2D eigenvalue weighted by atomic mass is 35.5. The first-order valence-corrected chi connectivity index (χ1v) is 12.5. The van der Waals surface area contributed by atoms with Crippen molar-refractivity contribution >= 4 is 67.8 Å². The molecule has 3 heterocycles. The predicted molar refractivity (Wildman–Crippen MR) is 140 cm³/mol. The predicted octanol–water partition coefficient (Wildman–Crippen LogP) is 6.50. The summed E-state index contributed by atoms with van der Waals surface area (Å²) in [5, 5.41) is 5.55. The minimum Gasteiger partial charge on any atom is -0.484 e. The number of para-hydroxylation sites is 1. The Labute approximate surface area is 211 Å². The zero-order chi connectivity index (χ0) is 22.1. The highest BCUT2D eigenvalue weighted by Crippen LogP contribution is 2.45. The lowest BCUT2D eigenvalue weighted by Gasteiger charge is -2.25. The number of rotatable bonds is 6. The fourth-order valence-corrected chi connectivity index (χ4v) is 6.40. The lowest BCUT2D eigenvalue weighted by atomic mass is 10.0. The van der Waals surface area contributed by atoms with Crippen LogP contribution in [0.2, 0.25) is 5.02 Å². The van der Waals surface area contributed by atoms with Crippen molar-refractivity contribution in [1.82, 2.24) is 9.88 Å². The second kappa shape index (κ2) is 10.4. The van der Waals surface area contributed by atoms with Crippen LogP contribution in [0, 0.1) is 0 Å². The molecule has 2 aromatic carbocycles. The first-order chi connectivity index (χ1) is 15.6. The van der Waals surface area contributed by atoms with Gasteiger partial charge in [0.1, 0.15) is 15.8 Å². The number of hydrogen-bond donors (Lipinski definition) is 1. The van der Waals surface area contributed by atoms with Gasteiger partial charge in [0, 0.05) is 28.6 Å². The third-order valence-electron chi connectivity index (χ3n) is 5.53. The molecule has 0 unspecified atom stereocenters. The molecule has 172 valence electrons. The van der Waals surface area contributed by atoms with Crippen LogP contribution in [0.15, 0.2) is 48.5 Å². The van der Waals surface area contributed by atoms with E-state index in [-0.39, 0.29) is 24.9 Å². The smallest absolute Gasteiger partial charge is 0.262 e. The number of fused-ring (bicyclic) bond motifs is 2. The van der Waals surface area contributed by atoms with Crippen LogP contribution in [-0.4, -0.2) is 35.5 Å². The molecule has 2 aromatic heterocycles. The maximum atomic E-state index is 12.8. The van der Waals surface area contributed by atoms with Crippen molar-refractivity contribution in [3.05, 3.63) is 64.0 Å². The molecular formula is C24H23Cl2N3O2S2. The highest BCUT2D eigenvalue weighted by molar-refractivity contribution is 7.22. The molecule has 0 saturated carbocycles. The minimum absolute atomic E-state index is 0. The van der Waals surface area contributed by atoms with Crippen LogP contribution in [0.3, 0.4) is 0 Å². The molecule has 33 heavy (non-hydrogen) atoms. The number of ether oxygens (including phenoxy) is 1. The van der Waals surface area contributed by atoms with Gasteiger partial charge in [0.25, 0.3) is 5.91 Å². The summed E-state index contributed by atoms with van der Waals surface area (Å²) in [6.07, 6.45) is 0.960. The van der Waals surface area contributed by atoms with Crippen LogP contribution in [0.5, 0.6) is 5.75 Å². The Kier molecular flexibility index (Phi) is 7.56. The Hall–Kier alpha value is -2.16. The summed E-state index contributed by atoms with van der Waals surface area (Å²) < 4.78 is 6.79. The second-order valence-electron chi connectivity index (χ2n) is 7.60. The van der Waals surface area contributed by atoms with E-state index < -0.39 is 0 Å². The Morgan fingerprint density at radius 3 is 2.73 bits per heavy atom. The summed E-state index contributed by atoms with van der Waals surface area (Å²) in [5.41, 5.74) is 3.37. The van der Waals surface area contributed by atoms with E-state index in [1.807, 2.05) is 18.2 Å². The summed E-state index contributed by atoms with van der Waals surface area (Å²) in [4.78, 5) is 21.4. The molecule has 0 atom stereocenters. The van der Waals surface area contributed by atoms with Gasteiger partial charge in [0.2, 0.25) is 0 Å². The van der Waals surface area contributed by atoms with E-state index in [9.17, 15) is 4.79 Å². The summed E-state index contributed by atoms with van der Waals surface area (Å²) >= 11 is 9.25. The maximum Gasteiger partial charge on any atom is 0.262 e. The van der Waals surface area contributed by atoms with Gasteiger partial charge in [0.05, 0.1) is 10.2 Å². The van der Waals surface area contributed by atoms with Crippen molar-refractivity contribution in [3.63, 3.8) is 0 Å². The summed E-state index contributed by atoms with van der Waals surface area (Å²) in [7, 11) is 0. The second-order valence-corrected chi connectivity index (χ2v) is 10.2. The van der Waals surface area contributed by atoms with Crippen LogP contribution < -0.4 is 10.1 Å². The molecule has 0 spiro atoms. The number of carbonyl (C=O) groups is 1. The molecule has 4 aromatic rings. The van der Waals surface area contributed by atoms with E-state index >= 15 is 0 Å². The number of nitrogens with zero attached hydrogens (tertiary/aromatic N) is 2. The molecule has 0 fully saturated rings. The minimum atomic E-state index is -0.187. The van der Waals surface area contributed by atoms with E-state index in [0.29, 0.717) is 10.8 Å². The van der Waals surface area contributed by atoms with Crippen LogP contribution in [-0.2, 0) is 17.8 Å². The summed E-state index contributed by atoms with van der Waals surface area (Å²) in [5.74, 6) is 0.424. The average Bonchev–Trinajstić information content (AvgIpc) is 3.38. The lowest BCUT2D eigenvalue weighted by Crippen LogP contribution is -2.29. The van der Waals surface area contributed by atoms with Crippen molar-refractivity contribution in [2.45, 2.75) is 19.9 Å². The van der Waals surface area contributed by atoms with E-state index in [0.717, 1.165) is 51.8 Å². The van der Waals surface area contributed by atoms with E-state index in [1.165, 1.54) is 10.4 Å². The molecule has 1 aliphatic rings. The van der Waals surface area contributed by atoms with Crippen LogP contribution in [0.1, 0.15) is 17.4 Å². The number of halogens is 2. The van der Waals surface area contributed by atoms with Gasteiger partial charge in [-0.25, -0.2) is 4.98 Å². The van der Waals surface area contributed by atoms with Crippen LogP contribution >= 0.6 is 46.7 Å². The zero-order valence-electron chi connectivity index (χ0n) is 18.0. The molecule has 0 radical (unpaired) electrons. The normalized spacial score (nSPS) is 13.4. The molecule has 9 heteroatoms. The van der Waals surface area contributed by atoms with E-state index in [2.05, 4.69) is 23.2 Å². The van der Waals surface area contributed by atoms with Gasteiger partial charge in [0.15, 0.2) is 6.61 Å². The van der Waals surface area contributed by atoms with Gasteiger partial charge in [-0.15, -0.1) is 35.1 Å². The van der Waals surface area contributed by atoms with Gasteiger partial charge < -0.3 is 10.1 Å². The number of hydrogen-bond acceptors (Lipinski definition) is 6. The Bertz CT molecular complexity index is 1240. The van der Waals surface area contributed by atoms with Gasteiger partial charge in [-0.05, 0) is 54.9 Å². The van der Waals surface area contributed by atoms with Crippen molar-refractivity contribution in [3.8, 4) is 16.3 Å². The average molecular weight is 521 g/mol. The van der Waals surface area contributed by atoms with Gasteiger partial charge in [-0.2, -0.15) is 0 Å². The number of thiazole rings is 1. The fourth-order valence-electron chi connectivity index (χ4n) is 3.86.